The molecular weight excluding hydrogens is 755 g/mol. The van der Waals surface area contributed by atoms with Crippen LogP contribution in [0.15, 0.2) is 224 Å². The molecule has 11 aromatic carbocycles. The molecular formula is C59H37NO2. The molecule has 2 aliphatic rings. The molecule has 0 bridgehead atoms. The van der Waals surface area contributed by atoms with Crippen molar-refractivity contribution in [2.75, 3.05) is 4.90 Å². The zero-order valence-corrected chi connectivity index (χ0v) is 33.6. The van der Waals surface area contributed by atoms with E-state index in [2.05, 4.69) is 205 Å². The Morgan fingerprint density at radius 1 is 0.290 bits per heavy atom. The van der Waals surface area contributed by atoms with Gasteiger partial charge in [-0.3, -0.25) is 0 Å². The lowest BCUT2D eigenvalue weighted by atomic mass is 9.65. The Kier molecular flexibility index (Phi) is 7.52. The average Bonchev–Trinajstić information content (AvgIpc) is 3.64. The molecule has 0 aromatic heterocycles. The largest absolute Gasteiger partial charge is 0.449 e. The normalized spacial score (nSPS) is 14.8. The van der Waals surface area contributed by atoms with Crippen LogP contribution in [0, 0.1) is 0 Å². The Bertz CT molecular complexity index is 3530. The van der Waals surface area contributed by atoms with E-state index in [1.54, 1.807) is 0 Å². The van der Waals surface area contributed by atoms with Crippen molar-refractivity contribution in [3.63, 3.8) is 0 Å². The first-order chi connectivity index (χ1) is 30.8. The van der Waals surface area contributed by atoms with Gasteiger partial charge in [0, 0.05) is 21.7 Å². The Morgan fingerprint density at radius 2 is 0.758 bits per heavy atom. The van der Waals surface area contributed by atoms with Crippen molar-refractivity contribution in [2.45, 2.75) is 5.41 Å². The van der Waals surface area contributed by atoms with E-state index in [1.165, 1.54) is 54.4 Å². The number of ether oxygens (including phenoxy) is 2. The van der Waals surface area contributed by atoms with Gasteiger partial charge in [-0.05, 0) is 91.1 Å². The first-order valence-corrected chi connectivity index (χ1v) is 21.3. The second-order valence-corrected chi connectivity index (χ2v) is 16.3. The highest BCUT2D eigenvalue weighted by Crippen LogP contribution is 2.64. The Hall–Kier alpha value is -8.14. The van der Waals surface area contributed by atoms with Crippen LogP contribution in [0.2, 0.25) is 0 Å². The van der Waals surface area contributed by atoms with Crippen molar-refractivity contribution in [3.05, 3.63) is 247 Å². The van der Waals surface area contributed by atoms with Crippen molar-refractivity contribution in [1.29, 1.82) is 0 Å². The summed E-state index contributed by atoms with van der Waals surface area (Å²) in [5.41, 5.74) is 9.60. The van der Waals surface area contributed by atoms with Crippen LogP contribution in [0.25, 0.3) is 54.2 Å². The van der Waals surface area contributed by atoms with Gasteiger partial charge in [-0.1, -0.05) is 188 Å². The summed E-state index contributed by atoms with van der Waals surface area (Å²) in [7, 11) is 0. The molecule has 0 fully saturated rings. The van der Waals surface area contributed by atoms with Gasteiger partial charge in [0.2, 0.25) is 0 Å². The van der Waals surface area contributed by atoms with Crippen molar-refractivity contribution >= 4 is 60.2 Å². The van der Waals surface area contributed by atoms with Crippen LogP contribution in [0.3, 0.4) is 0 Å². The monoisotopic (exact) mass is 791 g/mol. The molecule has 11 aromatic rings. The Balaban J connectivity index is 1.15. The molecule has 13 rings (SSSR count). The van der Waals surface area contributed by atoms with Crippen molar-refractivity contribution < 1.29 is 9.47 Å². The Morgan fingerprint density at radius 3 is 1.47 bits per heavy atom. The summed E-state index contributed by atoms with van der Waals surface area (Å²) < 4.78 is 13.5. The van der Waals surface area contributed by atoms with E-state index in [1.807, 2.05) is 24.3 Å². The summed E-state index contributed by atoms with van der Waals surface area (Å²) in [4.78, 5) is 2.48. The molecule has 0 saturated carbocycles. The molecule has 0 spiro atoms. The lowest BCUT2D eigenvalue weighted by Gasteiger charge is -2.37. The molecule has 1 atom stereocenters. The summed E-state index contributed by atoms with van der Waals surface area (Å²) in [5.74, 6) is 2.89. The second kappa shape index (κ2) is 13.4. The second-order valence-electron chi connectivity index (χ2n) is 16.3. The van der Waals surface area contributed by atoms with Crippen LogP contribution in [0.1, 0.15) is 22.3 Å². The van der Waals surface area contributed by atoms with Gasteiger partial charge in [0.1, 0.15) is 0 Å². The molecule has 0 radical (unpaired) electrons. The number of nitrogens with zero attached hydrogens (tertiary/aromatic N) is 1. The van der Waals surface area contributed by atoms with Gasteiger partial charge in [0.15, 0.2) is 23.0 Å². The molecule has 3 nitrogen and oxygen atoms in total. The fourth-order valence-corrected chi connectivity index (χ4v) is 10.6. The SMILES string of the molecule is c1ccc2c(c1)Oc1ccc3c(c1O2)-c1ccccc1C3(c1cccc2ccccc12)c1ccc(N(c2cccc3ccccc23)c2cccc3ccccc23)c2ccccc12. The molecule has 0 saturated heterocycles. The maximum atomic E-state index is 6.90. The summed E-state index contributed by atoms with van der Waals surface area (Å²) in [6.45, 7) is 0. The van der Waals surface area contributed by atoms with Crippen LogP contribution in [-0.2, 0) is 5.41 Å². The third-order valence-corrected chi connectivity index (χ3v) is 13.2. The highest BCUT2D eigenvalue weighted by molar-refractivity contribution is 6.11. The molecule has 290 valence electrons. The standard InChI is InChI=1S/C59H37NO2/c1-4-22-41-38(16-1)19-13-29-47(41)59(48-28-10-9-27-46(48)57-50(59)35-37-56-58(57)62-55-33-12-11-32-54(55)61-56)49-34-36-53(45-26-8-7-25-44(45)49)60(51-30-14-20-39-17-2-5-23-42(39)51)52-31-15-21-40-18-3-6-24-43(40)52/h1-37H. The van der Waals surface area contributed by atoms with Gasteiger partial charge >= 0.3 is 0 Å². The van der Waals surface area contributed by atoms with Gasteiger partial charge in [-0.2, -0.15) is 0 Å². The third kappa shape index (κ3) is 4.88. The number of anilines is 3. The molecule has 0 amide bonds. The molecule has 1 aliphatic carbocycles. The highest BCUT2D eigenvalue weighted by atomic mass is 16.6. The number of hydrogen-bond donors (Lipinski definition) is 0. The smallest absolute Gasteiger partial charge is 0.178 e. The van der Waals surface area contributed by atoms with Crippen LogP contribution in [0.5, 0.6) is 23.0 Å². The van der Waals surface area contributed by atoms with E-state index < -0.39 is 5.41 Å². The maximum Gasteiger partial charge on any atom is 0.178 e. The Labute approximate surface area is 359 Å². The molecule has 62 heavy (non-hydrogen) atoms. The lowest BCUT2D eigenvalue weighted by molar-refractivity contribution is 0.360. The average molecular weight is 792 g/mol. The predicted molar refractivity (Wildman–Crippen MR) is 255 cm³/mol. The molecule has 0 N–H and O–H groups in total. The van der Waals surface area contributed by atoms with Gasteiger partial charge in [-0.25, -0.2) is 0 Å². The van der Waals surface area contributed by atoms with Crippen LogP contribution >= 0.6 is 0 Å². The van der Waals surface area contributed by atoms with E-state index in [4.69, 9.17) is 9.47 Å². The van der Waals surface area contributed by atoms with Gasteiger partial charge in [-0.15, -0.1) is 0 Å². The number of rotatable bonds is 5. The molecule has 1 aliphatic heterocycles. The topological polar surface area (TPSA) is 21.7 Å². The highest BCUT2D eigenvalue weighted by Gasteiger charge is 2.50. The zero-order chi connectivity index (χ0) is 40.8. The van der Waals surface area contributed by atoms with E-state index in [9.17, 15) is 0 Å². The van der Waals surface area contributed by atoms with Crippen molar-refractivity contribution in [1.82, 2.24) is 0 Å². The van der Waals surface area contributed by atoms with Crippen LogP contribution in [0.4, 0.5) is 17.1 Å². The number of para-hydroxylation sites is 2. The summed E-state index contributed by atoms with van der Waals surface area (Å²) in [6, 6.07) is 81.3. The number of benzene rings is 11. The first kappa shape index (κ1) is 34.7. The summed E-state index contributed by atoms with van der Waals surface area (Å²) in [5, 5.41) is 9.50. The lowest BCUT2D eigenvalue weighted by Crippen LogP contribution is -2.29. The summed E-state index contributed by atoms with van der Waals surface area (Å²) in [6.07, 6.45) is 0. The minimum atomic E-state index is -0.746. The minimum absolute atomic E-state index is 0.713. The maximum absolute atomic E-state index is 6.90. The van der Waals surface area contributed by atoms with Crippen molar-refractivity contribution in [3.8, 4) is 34.1 Å². The zero-order valence-electron chi connectivity index (χ0n) is 33.6. The van der Waals surface area contributed by atoms with Gasteiger partial charge in [0.05, 0.1) is 22.5 Å². The number of fused-ring (bicyclic) bond motifs is 10. The van der Waals surface area contributed by atoms with E-state index in [0.717, 1.165) is 50.6 Å². The van der Waals surface area contributed by atoms with Crippen LogP contribution in [-0.4, -0.2) is 0 Å². The van der Waals surface area contributed by atoms with Gasteiger partial charge in [0.25, 0.3) is 0 Å². The first-order valence-electron chi connectivity index (χ1n) is 21.3. The van der Waals surface area contributed by atoms with Gasteiger partial charge < -0.3 is 14.4 Å². The molecule has 1 unspecified atom stereocenters. The quantitative estimate of drug-likeness (QED) is 0.173. The van der Waals surface area contributed by atoms with E-state index in [0.29, 0.717) is 11.5 Å². The molecule has 3 heteroatoms. The minimum Gasteiger partial charge on any atom is -0.449 e. The van der Waals surface area contributed by atoms with E-state index in [-0.39, 0.29) is 0 Å². The fraction of sp³-hybridized carbons (Fsp3) is 0.0169. The molecule has 1 heterocycles. The predicted octanol–water partition coefficient (Wildman–Crippen LogP) is 16.0. The van der Waals surface area contributed by atoms with Crippen molar-refractivity contribution in [2.24, 2.45) is 0 Å². The third-order valence-electron chi connectivity index (χ3n) is 13.2. The fourth-order valence-electron chi connectivity index (χ4n) is 10.6. The number of hydrogen-bond acceptors (Lipinski definition) is 3. The van der Waals surface area contributed by atoms with Crippen LogP contribution < -0.4 is 14.4 Å². The summed E-state index contributed by atoms with van der Waals surface area (Å²) >= 11 is 0. The van der Waals surface area contributed by atoms with E-state index >= 15 is 0 Å².